The summed E-state index contributed by atoms with van der Waals surface area (Å²) in [5.41, 5.74) is 10.0. The summed E-state index contributed by atoms with van der Waals surface area (Å²) in [6.45, 7) is 0. The van der Waals surface area contributed by atoms with Gasteiger partial charge in [0.15, 0.2) is 17.5 Å². The van der Waals surface area contributed by atoms with Crippen molar-refractivity contribution in [2.75, 3.05) is 0 Å². The smallest absolute Gasteiger partial charge is 0.164 e. The molecule has 5 aromatic carbocycles. The maximum absolute atomic E-state index is 5.05. The Morgan fingerprint density at radius 3 is 1.24 bits per heavy atom. The zero-order valence-electron chi connectivity index (χ0n) is 23.2. The first-order valence-corrected chi connectivity index (χ1v) is 14.3. The Bertz CT molecular complexity index is 1820. The summed E-state index contributed by atoms with van der Waals surface area (Å²) < 4.78 is 0. The molecule has 0 atom stereocenters. The number of hydrogen-bond donors (Lipinski definition) is 0. The second-order valence-corrected chi connectivity index (χ2v) is 10.4. The molecule has 1 aliphatic rings. The van der Waals surface area contributed by atoms with Gasteiger partial charge in [-0.3, -0.25) is 0 Å². The monoisotopic (exact) mass is 539 g/mol. The van der Waals surface area contributed by atoms with Gasteiger partial charge in [0, 0.05) is 16.7 Å². The molecule has 1 heterocycles. The Morgan fingerprint density at radius 2 is 0.786 bits per heavy atom. The molecule has 1 aromatic heterocycles. The highest BCUT2D eigenvalue weighted by atomic mass is 15.0. The van der Waals surface area contributed by atoms with E-state index in [-0.39, 0.29) is 0 Å². The van der Waals surface area contributed by atoms with Gasteiger partial charge in [-0.25, -0.2) is 15.0 Å². The first-order valence-electron chi connectivity index (χ1n) is 14.3. The second kappa shape index (κ2) is 11.6. The van der Waals surface area contributed by atoms with E-state index in [2.05, 4.69) is 140 Å². The molecule has 0 N–H and O–H groups in total. The lowest BCUT2D eigenvalue weighted by Crippen LogP contribution is -2.01. The van der Waals surface area contributed by atoms with E-state index in [1.54, 1.807) is 0 Å². The Balaban J connectivity index is 1.37. The molecule has 0 spiro atoms. The zero-order valence-corrected chi connectivity index (χ0v) is 23.2. The summed E-state index contributed by atoms with van der Waals surface area (Å²) in [7, 11) is 0. The van der Waals surface area contributed by atoms with Crippen LogP contribution < -0.4 is 0 Å². The van der Waals surface area contributed by atoms with Gasteiger partial charge in [0.25, 0.3) is 0 Å². The van der Waals surface area contributed by atoms with E-state index in [9.17, 15) is 0 Å². The molecule has 200 valence electrons. The minimum absolute atomic E-state index is 0.656. The van der Waals surface area contributed by atoms with Gasteiger partial charge in [-0.05, 0) is 64.4 Å². The van der Waals surface area contributed by atoms with Crippen LogP contribution in [-0.2, 0) is 0 Å². The van der Waals surface area contributed by atoms with E-state index >= 15 is 0 Å². The second-order valence-electron chi connectivity index (χ2n) is 10.4. The number of aromatic nitrogens is 3. The van der Waals surface area contributed by atoms with Gasteiger partial charge in [-0.15, -0.1) is 0 Å². The third-order valence-electron chi connectivity index (χ3n) is 7.60. The third-order valence-corrected chi connectivity index (χ3v) is 7.60. The fourth-order valence-corrected chi connectivity index (χ4v) is 5.40. The van der Waals surface area contributed by atoms with Gasteiger partial charge < -0.3 is 0 Å². The molecule has 0 aliphatic heterocycles. The third kappa shape index (κ3) is 5.45. The highest BCUT2D eigenvalue weighted by molar-refractivity contribution is 5.76. The van der Waals surface area contributed by atoms with Gasteiger partial charge in [0.2, 0.25) is 0 Å². The van der Waals surface area contributed by atoms with E-state index in [0.717, 1.165) is 51.8 Å². The van der Waals surface area contributed by atoms with Gasteiger partial charge in [-0.1, -0.05) is 133 Å². The van der Waals surface area contributed by atoms with Crippen LogP contribution in [-0.4, -0.2) is 15.0 Å². The van der Waals surface area contributed by atoms with Crippen LogP contribution in [0.3, 0.4) is 0 Å². The molecular weight excluding hydrogens is 510 g/mol. The van der Waals surface area contributed by atoms with Crippen molar-refractivity contribution >= 4 is 5.57 Å². The first kappa shape index (κ1) is 25.6. The predicted octanol–water partition coefficient (Wildman–Crippen LogP) is 9.94. The number of rotatable bonds is 6. The van der Waals surface area contributed by atoms with Crippen molar-refractivity contribution in [3.8, 4) is 56.4 Å². The van der Waals surface area contributed by atoms with Crippen LogP contribution >= 0.6 is 0 Å². The summed E-state index contributed by atoms with van der Waals surface area (Å²) in [5.74, 6) is 1.98. The normalized spacial score (nSPS) is 12.6. The van der Waals surface area contributed by atoms with Crippen molar-refractivity contribution in [1.29, 1.82) is 0 Å². The van der Waals surface area contributed by atoms with Crippen molar-refractivity contribution in [2.24, 2.45) is 0 Å². The van der Waals surface area contributed by atoms with E-state index in [0.29, 0.717) is 17.5 Å². The van der Waals surface area contributed by atoms with E-state index in [4.69, 9.17) is 15.0 Å². The quantitative estimate of drug-likeness (QED) is 0.211. The van der Waals surface area contributed by atoms with Gasteiger partial charge in [0.05, 0.1) is 0 Å². The SMILES string of the molecule is C1=CCCC(c2cccc(-c3nc(-c4cccc(-c5ccccc5)c4)nc(-c4cccc(-c5ccccc5)c4)n3)c2)=C1. The largest absolute Gasteiger partial charge is 0.208 e. The van der Waals surface area contributed by atoms with Crippen molar-refractivity contribution in [3.63, 3.8) is 0 Å². The van der Waals surface area contributed by atoms with Crippen molar-refractivity contribution in [3.05, 3.63) is 157 Å². The van der Waals surface area contributed by atoms with Crippen LogP contribution in [0.1, 0.15) is 18.4 Å². The van der Waals surface area contributed by atoms with Crippen LogP contribution in [0, 0.1) is 0 Å². The fourth-order valence-electron chi connectivity index (χ4n) is 5.40. The Labute approximate surface area is 246 Å². The molecule has 6 aromatic rings. The van der Waals surface area contributed by atoms with Crippen LogP contribution in [0.4, 0.5) is 0 Å². The van der Waals surface area contributed by atoms with Gasteiger partial charge >= 0.3 is 0 Å². The number of hydrogen-bond acceptors (Lipinski definition) is 3. The maximum atomic E-state index is 5.05. The lowest BCUT2D eigenvalue weighted by atomic mass is 9.96. The van der Waals surface area contributed by atoms with Crippen molar-refractivity contribution < 1.29 is 0 Å². The summed E-state index contributed by atoms with van der Waals surface area (Å²) in [6, 6.07) is 46.2. The molecule has 3 heteroatoms. The molecular formula is C39H29N3. The van der Waals surface area contributed by atoms with Crippen LogP contribution in [0.2, 0.25) is 0 Å². The molecule has 0 fully saturated rings. The molecule has 0 saturated carbocycles. The molecule has 42 heavy (non-hydrogen) atoms. The molecule has 0 bridgehead atoms. The van der Waals surface area contributed by atoms with E-state index in [1.807, 2.05) is 12.1 Å². The Morgan fingerprint density at radius 1 is 0.381 bits per heavy atom. The van der Waals surface area contributed by atoms with Gasteiger partial charge in [-0.2, -0.15) is 0 Å². The molecule has 1 aliphatic carbocycles. The average molecular weight is 540 g/mol. The van der Waals surface area contributed by atoms with Crippen molar-refractivity contribution in [2.45, 2.75) is 12.8 Å². The Hall–Kier alpha value is -5.41. The predicted molar refractivity (Wildman–Crippen MR) is 173 cm³/mol. The fraction of sp³-hybridized carbons (Fsp3) is 0.0513. The number of allylic oxidation sites excluding steroid dienone is 4. The summed E-state index contributed by atoms with van der Waals surface area (Å²) in [5, 5.41) is 0. The zero-order chi connectivity index (χ0) is 28.1. The topological polar surface area (TPSA) is 38.7 Å². The average Bonchev–Trinajstić information content (AvgIpc) is 3.09. The standard InChI is InChI=1S/C39H29N3/c1-4-13-28(14-5-1)31-19-10-22-34(25-31)37-40-38(35-23-11-20-32(26-35)29-15-6-2-7-16-29)42-39(41-37)36-24-12-21-33(27-36)30-17-8-3-9-18-30/h1-8,10-17,19-27H,9,18H2. The summed E-state index contributed by atoms with van der Waals surface area (Å²) in [6.07, 6.45) is 8.66. The minimum Gasteiger partial charge on any atom is -0.208 e. The number of benzene rings is 5. The first-order chi connectivity index (χ1) is 20.8. The van der Waals surface area contributed by atoms with Gasteiger partial charge in [0.1, 0.15) is 0 Å². The highest BCUT2D eigenvalue weighted by Gasteiger charge is 2.15. The van der Waals surface area contributed by atoms with E-state index in [1.165, 1.54) is 11.1 Å². The summed E-state index contributed by atoms with van der Waals surface area (Å²) in [4.78, 5) is 15.1. The molecule has 3 nitrogen and oxygen atoms in total. The van der Waals surface area contributed by atoms with Crippen LogP contribution in [0.15, 0.2) is 152 Å². The highest BCUT2D eigenvalue weighted by Crippen LogP contribution is 2.31. The van der Waals surface area contributed by atoms with E-state index < -0.39 is 0 Å². The minimum atomic E-state index is 0.656. The number of nitrogens with zero attached hydrogens (tertiary/aromatic N) is 3. The molecule has 0 unspecified atom stereocenters. The molecule has 0 amide bonds. The van der Waals surface area contributed by atoms with Crippen LogP contribution in [0.25, 0.3) is 62.0 Å². The van der Waals surface area contributed by atoms with Crippen LogP contribution in [0.5, 0.6) is 0 Å². The molecule has 0 radical (unpaired) electrons. The Kier molecular flexibility index (Phi) is 7.06. The molecule has 0 saturated heterocycles. The lowest BCUT2D eigenvalue weighted by molar-refractivity contribution is 1.05. The maximum Gasteiger partial charge on any atom is 0.164 e. The molecule has 7 rings (SSSR count). The lowest BCUT2D eigenvalue weighted by Gasteiger charge is -2.13. The van der Waals surface area contributed by atoms with Crippen molar-refractivity contribution in [1.82, 2.24) is 15.0 Å². The summed E-state index contributed by atoms with van der Waals surface area (Å²) >= 11 is 0.